The van der Waals surface area contributed by atoms with Crippen LogP contribution in [0.15, 0.2) is 42.5 Å². The summed E-state index contributed by atoms with van der Waals surface area (Å²) in [6, 6.07) is 10.1. The predicted octanol–water partition coefficient (Wildman–Crippen LogP) is 4.14. The maximum absolute atomic E-state index is 14.1. The molecule has 3 nitrogen and oxygen atoms in total. The maximum Gasteiger partial charge on any atom is 0.197 e. The molecule has 122 valence electrons. The summed E-state index contributed by atoms with van der Waals surface area (Å²) in [5, 5.41) is 3.30. The number of benzene rings is 2. The van der Waals surface area contributed by atoms with E-state index in [1.54, 1.807) is 12.1 Å². The van der Waals surface area contributed by atoms with E-state index < -0.39 is 5.82 Å². The van der Waals surface area contributed by atoms with Crippen molar-refractivity contribution in [3.8, 4) is 17.2 Å². The van der Waals surface area contributed by atoms with Crippen LogP contribution in [0.25, 0.3) is 0 Å². The van der Waals surface area contributed by atoms with Gasteiger partial charge in [-0.25, -0.2) is 8.78 Å². The molecule has 0 radical (unpaired) electrons. The van der Waals surface area contributed by atoms with Gasteiger partial charge in [0.2, 0.25) is 0 Å². The predicted molar refractivity (Wildman–Crippen MR) is 84.0 cm³/mol. The lowest BCUT2D eigenvalue weighted by Crippen LogP contribution is -2.33. The minimum Gasteiger partial charge on any atom is -0.487 e. The number of ether oxygens (including phenoxy) is 2. The summed E-state index contributed by atoms with van der Waals surface area (Å²) in [5.41, 5.74) is 0. The zero-order chi connectivity index (χ0) is 16.1. The zero-order valence-electron chi connectivity index (χ0n) is 12.7. The summed E-state index contributed by atoms with van der Waals surface area (Å²) in [7, 11) is 0. The Morgan fingerprint density at radius 1 is 1.09 bits per heavy atom. The number of hydrogen-bond acceptors (Lipinski definition) is 3. The molecule has 2 aromatic rings. The van der Waals surface area contributed by atoms with Crippen molar-refractivity contribution >= 4 is 0 Å². The Kier molecular flexibility index (Phi) is 5.08. The van der Waals surface area contributed by atoms with Gasteiger partial charge in [-0.3, -0.25) is 0 Å². The number of piperidine rings is 1. The van der Waals surface area contributed by atoms with Crippen LogP contribution in [0.1, 0.15) is 12.8 Å². The molecular formula is C18H19F2NO2. The summed E-state index contributed by atoms with van der Waals surface area (Å²) in [6.45, 7) is 2.34. The van der Waals surface area contributed by atoms with Gasteiger partial charge in [0.25, 0.3) is 0 Å². The number of hydrogen-bond donors (Lipinski definition) is 1. The Morgan fingerprint density at radius 3 is 2.65 bits per heavy atom. The highest BCUT2D eigenvalue weighted by atomic mass is 19.1. The van der Waals surface area contributed by atoms with E-state index in [-0.39, 0.29) is 11.6 Å². The first-order valence-corrected chi connectivity index (χ1v) is 7.78. The lowest BCUT2D eigenvalue weighted by molar-refractivity contribution is 0.206. The average molecular weight is 319 g/mol. The normalized spacial score (nSPS) is 17.7. The van der Waals surface area contributed by atoms with Crippen molar-refractivity contribution in [2.75, 3.05) is 19.7 Å². The Hall–Kier alpha value is -2.14. The minimum atomic E-state index is -0.464. The molecule has 1 aliphatic heterocycles. The molecule has 23 heavy (non-hydrogen) atoms. The quantitative estimate of drug-likeness (QED) is 0.898. The molecule has 1 heterocycles. The lowest BCUT2D eigenvalue weighted by Gasteiger charge is -2.23. The van der Waals surface area contributed by atoms with Crippen LogP contribution in [-0.4, -0.2) is 19.7 Å². The maximum atomic E-state index is 14.1. The number of nitrogens with one attached hydrogen (secondary N) is 1. The SMILES string of the molecule is Fc1ccc(Oc2cccc(F)c2OC[C@H]2CCCNC2)cc1. The van der Waals surface area contributed by atoms with E-state index in [9.17, 15) is 8.78 Å². The summed E-state index contributed by atoms with van der Waals surface area (Å²) in [6.07, 6.45) is 2.17. The standard InChI is InChI=1S/C18H19F2NO2/c19-14-6-8-15(9-7-14)23-17-5-1-4-16(20)18(17)22-12-13-3-2-10-21-11-13/h1,4-9,13,21H,2-3,10-12H2/t13-/m0/s1. The first-order valence-electron chi connectivity index (χ1n) is 7.78. The molecule has 0 spiro atoms. The van der Waals surface area contributed by atoms with E-state index in [1.807, 2.05) is 0 Å². The molecule has 2 aromatic carbocycles. The highest BCUT2D eigenvalue weighted by Gasteiger charge is 2.17. The molecule has 1 atom stereocenters. The van der Waals surface area contributed by atoms with Crippen molar-refractivity contribution in [1.29, 1.82) is 0 Å². The fourth-order valence-electron chi connectivity index (χ4n) is 2.61. The third-order valence-corrected chi connectivity index (χ3v) is 3.83. The molecule has 0 aliphatic carbocycles. The smallest absolute Gasteiger partial charge is 0.197 e. The molecule has 5 heteroatoms. The molecule has 1 fully saturated rings. The van der Waals surface area contributed by atoms with Crippen molar-refractivity contribution < 1.29 is 18.3 Å². The van der Waals surface area contributed by atoms with Crippen LogP contribution in [0.4, 0.5) is 8.78 Å². The van der Waals surface area contributed by atoms with Gasteiger partial charge >= 0.3 is 0 Å². The summed E-state index contributed by atoms with van der Waals surface area (Å²) in [4.78, 5) is 0. The first-order chi connectivity index (χ1) is 11.2. The topological polar surface area (TPSA) is 30.5 Å². The summed E-state index contributed by atoms with van der Waals surface area (Å²) < 4.78 is 38.4. The van der Waals surface area contributed by atoms with Crippen molar-refractivity contribution in [2.24, 2.45) is 5.92 Å². The van der Waals surface area contributed by atoms with Crippen LogP contribution < -0.4 is 14.8 Å². The Bertz CT molecular complexity index is 640. The van der Waals surface area contributed by atoms with Crippen LogP contribution in [0.2, 0.25) is 0 Å². The highest BCUT2D eigenvalue weighted by molar-refractivity contribution is 5.43. The molecule has 1 N–H and O–H groups in total. The van der Waals surface area contributed by atoms with E-state index in [4.69, 9.17) is 9.47 Å². The molecule has 1 saturated heterocycles. The molecule has 3 rings (SSSR count). The monoisotopic (exact) mass is 319 g/mol. The van der Waals surface area contributed by atoms with Crippen molar-refractivity contribution in [3.63, 3.8) is 0 Å². The second kappa shape index (κ2) is 7.42. The van der Waals surface area contributed by atoms with Crippen LogP contribution in [-0.2, 0) is 0 Å². The first kappa shape index (κ1) is 15.7. The highest BCUT2D eigenvalue weighted by Crippen LogP contribution is 2.34. The van der Waals surface area contributed by atoms with Gasteiger partial charge in [0, 0.05) is 12.5 Å². The van der Waals surface area contributed by atoms with Crippen LogP contribution >= 0.6 is 0 Å². The summed E-state index contributed by atoms with van der Waals surface area (Å²) >= 11 is 0. The van der Waals surface area contributed by atoms with E-state index >= 15 is 0 Å². The largest absolute Gasteiger partial charge is 0.487 e. The zero-order valence-corrected chi connectivity index (χ0v) is 12.7. The Morgan fingerprint density at radius 2 is 1.91 bits per heavy atom. The number of para-hydroxylation sites is 1. The molecule has 0 bridgehead atoms. The third-order valence-electron chi connectivity index (χ3n) is 3.83. The van der Waals surface area contributed by atoms with Gasteiger partial charge in [-0.05, 0) is 55.8 Å². The fourth-order valence-corrected chi connectivity index (χ4v) is 2.61. The molecular weight excluding hydrogens is 300 g/mol. The molecule has 0 amide bonds. The van der Waals surface area contributed by atoms with Crippen LogP contribution in [0.3, 0.4) is 0 Å². The minimum absolute atomic E-state index is 0.0994. The molecule has 0 saturated carbocycles. The van der Waals surface area contributed by atoms with Crippen molar-refractivity contribution in [2.45, 2.75) is 12.8 Å². The van der Waals surface area contributed by atoms with E-state index in [2.05, 4.69) is 5.32 Å². The van der Waals surface area contributed by atoms with E-state index in [1.165, 1.54) is 30.3 Å². The summed E-state index contributed by atoms with van der Waals surface area (Å²) in [5.74, 6) is 0.372. The van der Waals surface area contributed by atoms with Gasteiger partial charge in [-0.15, -0.1) is 0 Å². The fraction of sp³-hybridized carbons (Fsp3) is 0.333. The van der Waals surface area contributed by atoms with Gasteiger partial charge < -0.3 is 14.8 Å². The second-order valence-electron chi connectivity index (χ2n) is 5.65. The Labute approximate surface area is 134 Å². The second-order valence-corrected chi connectivity index (χ2v) is 5.65. The van der Waals surface area contributed by atoms with Gasteiger partial charge in [-0.1, -0.05) is 6.07 Å². The van der Waals surface area contributed by atoms with Crippen molar-refractivity contribution in [1.82, 2.24) is 5.32 Å². The Balaban J connectivity index is 1.72. The van der Waals surface area contributed by atoms with Gasteiger partial charge in [0.05, 0.1) is 6.61 Å². The number of rotatable bonds is 5. The van der Waals surface area contributed by atoms with E-state index in [0.717, 1.165) is 25.9 Å². The third kappa shape index (κ3) is 4.20. The van der Waals surface area contributed by atoms with Gasteiger partial charge in [-0.2, -0.15) is 0 Å². The molecule has 1 aliphatic rings. The molecule has 0 aromatic heterocycles. The van der Waals surface area contributed by atoms with E-state index in [0.29, 0.717) is 24.0 Å². The van der Waals surface area contributed by atoms with Crippen molar-refractivity contribution in [3.05, 3.63) is 54.1 Å². The van der Waals surface area contributed by atoms with Gasteiger partial charge in [0.1, 0.15) is 11.6 Å². The lowest BCUT2D eigenvalue weighted by atomic mass is 10.0. The van der Waals surface area contributed by atoms with Crippen LogP contribution in [0, 0.1) is 17.6 Å². The average Bonchev–Trinajstić information content (AvgIpc) is 2.57. The number of halogens is 2. The molecule has 0 unspecified atom stereocenters. The van der Waals surface area contributed by atoms with Gasteiger partial charge in [0.15, 0.2) is 17.3 Å². The van der Waals surface area contributed by atoms with Crippen LogP contribution in [0.5, 0.6) is 17.2 Å².